The van der Waals surface area contributed by atoms with Crippen LogP contribution in [-0.2, 0) is 5.41 Å². The first kappa shape index (κ1) is 11.7. The highest BCUT2D eigenvalue weighted by atomic mass is 79.9. The van der Waals surface area contributed by atoms with E-state index in [9.17, 15) is 0 Å². The Morgan fingerprint density at radius 3 is 2.31 bits per heavy atom. The Hall–Kier alpha value is -0.740. The van der Waals surface area contributed by atoms with Gasteiger partial charge in [0.1, 0.15) is 0 Å². The summed E-state index contributed by atoms with van der Waals surface area (Å²) in [5, 5.41) is 1.14. The maximum Gasteiger partial charge on any atom is 0.0997 e. The van der Waals surface area contributed by atoms with Crippen LogP contribution < -0.4 is 0 Å². The summed E-state index contributed by atoms with van der Waals surface area (Å²) >= 11 is 5.28. The smallest absolute Gasteiger partial charge is 0.0997 e. The van der Waals surface area contributed by atoms with Gasteiger partial charge in [0, 0.05) is 23.4 Å². The standard InChI is InChI=1S/C12H13BrN2S/c1-12(2,3)11-15-9(10(13)16-11)8-4-6-14-7-5-8/h4-7H,1-3H3. The van der Waals surface area contributed by atoms with Crippen LogP contribution in [0.25, 0.3) is 11.3 Å². The van der Waals surface area contributed by atoms with Gasteiger partial charge in [-0.3, -0.25) is 4.98 Å². The van der Waals surface area contributed by atoms with E-state index in [4.69, 9.17) is 4.98 Å². The van der Waals surface area contributed by atoms with Crippen molar-refractivity contribution in [3.05, 3.63) is 33.3 Å². The van der Waals surface area contributed by atoms with Crippen LogP contribution in [0.4, 0.5) is 0 Å². The fraction of sp³-hybridized carbons (Fsp3) is 0.333. The van der Waals surface area contributed by atoms with Gasteiger partial charge in [-0.05, 0) is 28.1 Å². The molecule has 0 spiro atoms. The van der Waals surface area contributed by atoms with E-state index < -0.39 is 0 Å². The van der Waals surface area contributed by atoms with Gasteiger partial charge in [0.15, 0.2) is 0 Å². The van der Waals surface area contributed by atoms with Crippen LogP contribution >= 0.6 is 27.3 Å². The van der Waals surface area contributed by atoms with E-state index in [2.05, 4.69) is 41.7 Å². The molecule has 0 fully saturated rings. The molecule has 2 rings (SSSR count). The van der Waals surface area contributed by atoms with Crippen molar-refractivity contribution in [2.75, 3.05) is 0 Å². The van der Waals surface area contributed by atoms with E-state index in [-0.39, 0.29) is 5.41 Å². The van der Waals surface area contributed by atoms with Crippen LogP contribution in [0.3, 0.4) is 0 Å². The van der Waals surface area contributed by atoms with Gasteiger partial charge in [-0.1, -0.05) is 20.8 Å². The molecular formula is C12H13BrN2S. The van der Waals surface area contributed by atoms with Gasteiger partial charge in [0.05, 0.1) is 14.5 Å². The third kappa shape index (κ3) is 2.33. The van der Waals surface area contributed by atoms with Crippen LogP contribution in [-0.4, -0.2) is 9.97 Å². The van der Waals surface area contributed by atoms with E-state index in [1.807, 2.05) is 12.1 Å². The number of pyridine rings is 1. The highest BCUT2D eigenvalue weighted by molar-refractivity contribution is 9.11. The maximum atomic E-state index is 4.70. The lowest BCUT2D eigenvalue weighted by Crippen LogP contribution is -2.10. The van der Waals surface area contributed by atoms with E-state index in [0.717, 1.165) is 20.1 Å². The predicted molar refractivity (Wildman–Crippen MR) is 71.7 cm³/mol. The first-order valence-corrected chi connectivity index (χ1v) is 6.66. The lowest BCUT2D eigenvalue weighted by molar-refractivity contribution is 0.586. The van der Waals surface area contributed by atoms with E-state index >= 15 is 0 Å². The van der Waals surface area contributed by atoms with Crippen LogP contribution in [0.15, 0.2) is 28.3 Å². The van der Waals surface area contributed by atoms with E-state index in [1.165, 1.54) is 0 Å². The molecule has 16 heavy (non-hydrogen) atoms. The fourth-order valence-corrected chi connectivity index (χ4v) is 2.96. The number of aromatic nitrogens is 2. The van der Waals surface area contributed by atoms with Crippen molar-refractivity contribution >= 4 is 27.3 Å². The van der Waals surface area contributed by atoms with Crippen molar-refractivity contribution in [1.29, 1.82) is 0 Å². The van der Waals surface area contributed by atoms with Gasteiger partial charge in [-0.2, -0.15) is 0 Å². The Morgan fingerprint density at radius 1 is 1.19 bits per heavy atom. The zero-order valence-corrected chi connectivity index (χ0v) is 11.9. The van der Waals surface area contributed by atoms with Gasteiger partial charge < -0.3 is 0 Å². The van der Waals surface area contributed by atoms with Crippen LogP contribution in [0.1, 0.15) is 25.8 Å². The molecule has 0 saturated heterocycles. The molecule has 84 valence electrons. The second-order valence-electron chi connectivity index (χ2n) is 4.63. The zero-order valence-electron chi connectivity index (χ0n) is 9.49. The maximum absolute atomic E-state index is 4.70. The monoisotopic (exact) mass is 296 g/mol. The molecule has 0 aliphatic carbocycles. The van der Waals surface area contributed by atoms with Crippen molar-refractivity contribution in [3.63, 3.8) is 0 Å². The molecule has 2 nitrogen and oxygen atoms in total. The molecule has 0 saturated carbocycles. The highest BCUT2D eigenvalue weighted by Gasteiger charge is 2.21. The van der Waals surface area contributed by atoms with Crippen LogP contribution in [0.5, 0.6) is 0 Å². The molecule has 0 aromatic carbocycles. The second kappa shape index (κ2) is 4.26. The molecular weight excluding hydrogens is 284 g/mol. The minimum Gasteiger partial charge on any atom is -0.265 e. The topological polar surface area (TPSA) is 25.8 Å². The van der Waals surface area contributed by atoms with E-state index in [0.29, 0.717) is 0 Å². The molecule has 0 amide bonds. The average molecular weight is 297 g/mol. The number of hydrogen-bond donors (Lipinski definition) is 0. The summed E-state index contributed by atoms with van der Waals surface area (Å²) in [5.74, 6) is 0. The zero-order chi connectivity index (χ0) is 11.8. The number of rotatable bonds is 1. The van der Waals surface area contributed by atoms with Crippen LogP contribution in [0, 0.1) is 0 Å². The average Bonchev–Trinajstić information content (AvgIpc) is 2.61. The summed E-state index contributed by atoms with van der Waals surface area (Å²) in [5.41, 5.74) is 2.21. The minimum atomic E-state index is 0.0957. The summed E-state index contributed by atoms with van der Waals surface area (Å²) < 4.78 is 1.09. The minimum absolute atomic E-state index is 0.0957. The van der Waals surface area contributed by atoms with Crippen molar-refractivity contribution in [3.8, 4) is 11.3 Å². The predicted octanol–water partition coefficient (Wildman–Crippen LogP) is 4.27. The molecule has 0 aliphatic heterocycles. The van der Waals surface area contributed by atoms with E-state index in [1.54, 1.807) is 23.7 Å². The summed E-state index contributed by atoms with van der Waals surface area (Å²) in [4.78, 5) is 8.71. The molecule has 0 atom stereocenters. The normalized spacial score (nSPS) is 11.8. The van der Waals surface area contributed by atoms with Crippen LogP contribution in [0.2, 0.25) is 0 Å². The molecule has 2 aromatic rings. The van der Waals surface area contributed by atoms with Crippen molar-refractivity contribution in [1.82, 2.24) is 9.97 Å². The summed E-state index contributed by atoms with van der Waals surface area (Å²) in [6, 6.07) is 3.96. The second-order valence-corrected chi connectivity index (χ2v) is 6.94. The first-order valence-electron chi connectivity index (χ1n) is 5.05. The molecule has 0 bridgehead atoms. The fourth-order valence-electron chi connectivity index (χ4n) is 1.31. The quantitative estimate of drug-likeness (QED) is 0.785. The number of hydrogen-bond acceptors (Lipinski definition) is 3. The number of halogens is 1. The van der Waals surface area contributed by atoms with Gasteiger partial charge in [0.2, 0.25) is 0 Å². The highest BCUT2D eigenvalue weighted by Crippen LogP contribution is 2.37. The Kier molecular flexibility index (Phi) is 3.13. The van der Waals surface area contributed by atoms with Crippen molar-refractivity contribution in [2.24, 2.45) is 0 Å². The van der Waals surface area contributed by atoms with Gasteiger partial charge in [-0.15, -0.1) is 11.3 Å². The third-order valence-electron chi connectivity index (χ3n) is 2.18. The molecule has 0 N–H and O–H groups in total. The summed E-state index contributed by atoms with van der Waals surface area (Å²) in [6.07, 6.45) is 3.58. The SMILES string of the molecule is CC(C)(C)c1nc(-c2ccncc2)c(Br)s1. The lowest BCUT2D eigenvalue weighted by atomic mass is 9.98. The third-order valence-corrected chi connectivity index (χ3v) is 4.31. The Bertz CT molecular complexity index is 485. The van der Waals surface area contributed by atoms with Crippen molar-refractivity contribution < 1.29 is 0 Å². The molecule has 0 radical (unpaired) electrons. The van der Waals surface area contributed by atoms with Crippen molar-refractivity contribution in [2.45, 2.75) is 26.2 Å². The molecule has 4 heteroatoms. The van der Waals surface area contributed by atoms with Gasteiger partial charge in [-0.25, -0.2) is 4.98 Å². The Balaban J connectivity index is 2.48. The molecule has 0 aliphatic rings. The van der Waals surface area contributed by atoms with Gasteiger partial charge >= 0.3 is 0 Å². The number of thiazole rings is 1. The lowest BCUT2D eigenvalue weighted by Gasteiger charge is -2.13. The largest absolute Gasteiger partial charge is 0.265 e. The summed E-state index contributed by atoms with van der Waals surface area (Å²) in [6.45, 7) is 6.53. The van der Waals surface area contributed by atoms with Gasteiger partial charge in [0.25, 0.3) is 0 Å². The first-order chi connectivity index (χ1) is 7.48. The molecule has 0 unspecified atom stereocenters. The summed E-state index contributed by atoms with van der Waals surface area (Å²) in [7, 11) is 0. The molecule has 2 aromatic heterocycles. The Morgan fingerprint density at radius 2 is 1.81 bits per heavy atom. The molecule has 2 heterocycles. The Labute approximate surface area is 108 Å². The number of nitrogens with zero attached hydrogens (tertiary/aromatic N) is 2.